The number of aliphatic hydroxyl groups excluding tert-OH is 1. The summed E-state index contributed by atoms with van der Waals surface area (Å²) in [6.45, 7) is -0.165. The van der Waals surface area contributed by atoms with Crippen LogP contribution >= 0.6 is 11.8 Å². The highest BCUT2D eigenvalue weighted by Crippen LogP contribution is 2.51. The maximum absolute atomic E-state index is 14.7. The van der Waals surface area contributed by atoms with E-state index in [9.17, 15) is 18.7 Å². The van der Waals surface area contributed by atoms with Gasteiger partial charge in [-0.15, -0.1) is 4.99 Å². The molecule has 184 valence electrons. The largest absolute Gasteiger partial charge is 0.376 e. The van der Waals surface area contributed by atoms with Gasteiger partial charge in [0.1, 0.15) is 28.3 Å². The fourth-order valence-corrected chi connectivity index (χ4v) is 4.99. The molecule has 0 bridgehead atoms. The Kier molecular flexibility index (Phi) is 8.26. The minimum absolute atomic E-state index is 0.0482. The number of aliphatic hydroxyl groups is 1. The maximum Gasteiger partial charge on any atom is 0.343 e. The number of hydrogen-bond acceptors (Lipinski definition) is 6. The topological polar surface area (TPSA) is 122 Å². The van der Waals surface area contributed by atoms with Crippen molar-refractivity contribution in [1.29, 1.82) is 5.26 Å². The molecule has 0 fully saturated rings. The molecule has 1 aliphatic rings. The minimum atomic E-state index is -1.13. The summed E-state index contributed by atoms with van der Waals surface area (Å²) in [5.41, 5.74) is 6.42. The Hall–Kier alpha value is -3.69. The van der Waals surface area contributed by atoms with Crippen molar-refractivity contribution in [2.75, 3.05) is 27.4 Å². The molecule has 12 heteroatoms. The first-order chi connectivity index (χ1) is 16.7. The third kappa shape index (κ3) is 5.52. The minimum Gasteiger partial charge on any atom is -0.376 e. The second-order valence-electron chi connectivity index (χ2n) is 7.81. The van der Waals surface area contributed by atoms with Gasteiger partial charge in [0, 0.05) is 26.2 Å². The third-order valence-corrected chi connectivity index (χ3v) is 6.91. The lowest BCUT2D eigenvalue weighted by Crippen LogP contribution is -2.47. The molecular formula is C23H25F2N7O2S. The van der Waals surface area contributed by atoms with E-state index in [4.69, 9.17) is 11.0 Å². The molecule has 3 N–H and O–H groups in total. The standard InChI is InChI=1S/C23H25F2N7O2S/c1-30(21(27)28-14-26)12-6-11-23(16-7-4-3-5-8-16)32(22(34)31(2)15-33)29-20(35-23)18-13-17(24)9-10-19(18)25/h3-5,7-10,13,33H,6,11-12,15H2,1-2H3,(H2,27,28). The molecule has 9 nitrogen and oxygen atoms in total. The Morgan fingerprint density at radius 1 is 1.26 bits per heavy atom. The molecule has 0 spiro atoms. The quantitative estimate of drug-likeness (QED) is 0.260. The van der Waals surface area contributed by atoms with Crippen molar-refractivity contribution in [2.24, 2.45) is 15.8 Å². The SMILES string of the molecule is CN(CO)C(=O)N1N=C(c2cc(F)ccc2F)SC1(CCCN(C)/C(N)=N/C#N)c1ccccc1. The van der Waals surface area contributed by atoms with Gasteiger partial charge in [0.25, 0.3) is 0 Å². The summed E-state index contributed by atoms with van der Waals surface area (Å²) in [5.74, 6) is -1.27. The number of guanidine groups is 1. The molecule has 1 atom stereocenters. The van der Waals surface area contributed by atoms with E-state index in [1.165, 1.54) is 12.1 Å². The lowest BCUT2D eigenvalue weighted by atomic mass is 10.00. The number of halogens is 2. The van der Waals surface area contributed by atoms with Crippen molar-refractivity contribution in [1.82, 2.24) is 14.8 Å². The fraction of sp³-hybridized carbons (Fsp3) is 0.304. The average molecular weight is 502 g/mol. The number of hydrazone groups is 1. The fourth-order valence-electron chi connectivity index (χ4n) is 3.57. The van der Waals surface area contributed by atoms with Crippen LogP contribution in [0.4, 0.5) is 13.6 Å². The normalized spacial score (nSPS) is 17.7. The Balaban J connectivity index is 2.05. The van der Waals surface area contributed by atoms with Gasteiger partial charge in [0.2, 0.25) is 12.2 Å². The summed E-state index contributed by atoms with van der Waals surface area (Å²) in [6.07, 6.45) is 2.45. The highest BCUT2D eigenvalue weighted by Gasteiger charge is 2.49. The van der Waals surface area contributed by atoms with E-state index >= 15 is 0 Å². The van der Waals surface area contributed by atoms with Gasteiger partial charge >= 0.3 is 6.03 Å². The summed E-state index contributed by atoms with van der Waals surface area (Å²) in [5, 5.41) is 24.1. The van der Waals surface area contributed by atoms with Gasteiger partial charge in [-0.25, -0.2) is 13.6 Å². The first-order valence-electron chi connectivity index (χ1n) is 10.6. The van der Waals surface area contributed by atoms with Crippen LogP contribution in [0, 0.1) is 23.1 Å². The molecule has 0 aliphatic carbocycles. The van der Waals surface area contributed by atoms with Crippen LogP contribution in [0.1, 0.15) is 24.0 Å². The molecule has 2 aromatic rings. The first kappa shape index (κ1) is 25.9. The Labute approximate surface area is 206 Å². The van der Waals surface area contributed by atoms with E-state index in [0.29, 0.717) is 24.9 Å². The van der Waals surface area contributed by atoms with Crippen molar-refractivity contribution in [3.05, 3.63) is 71.3 Å². The number of nitriles is 1. The Bertz CT molecular complexity index is 1170. The monoisotopic (exact) mass is 501 g/mol. The van der Waals surface area contributed by atoms with Crippen LogP contribution in [0.2, 0.25) is 0 Å². The van der Waals surface area contributed by atoms with E-state index in [0.717, 1.165) is 34.9 Å². The molecule has 35 heavy (non-hydrogen) atoms. The molecular weight excluding hydrogens is 476 g/mol. The summed E-state index contributed by atoms with van der Waals surface area (Å²) in [6, 6.07) is 11.5. The maximum atomic E-state index is 14.7. The number of benzene rings is 2. The lowest BCUT2D eigenvalue weighted by Gasteiger charge is -2.37. The molecule has 0 aromatic heterocycles. The zero-order valence-corrected chi connectivity index (χ0v) is 20.0. The predicted octanol–water partition coefficient (Wildman–Crippen LogP) is 3.04. The van der Waals surface area contributed by atoms with Gasteiger partial charge in [0.05, 0.1) is 0 Å². The van der Waals surface area contributed by atoms with Crippen molar-refractivity contribution in [3.63, 3.8) is 0 Å². The molecule has 1 unspecified atom stereocenters. The van der Waals surface area contributed by atoms with Crippen LogP contribution < -0.4 is 5.73 Å². The Morgan fingerprint density at radius 2 is 1.97 bits per heavy atom. The van der Waals surface area contributed by atoms with Crippen molar-refractivity contribution < 1.29 is 18.7 Å². The first-order valence-corrected chi connectivity index (χ1v) is 11.4. The summed E-state index contributed by atoms with van der Waals surface area (Å²) in [4.78, 5) is 18.4. The molecule has 0 saturated heterocycles. The van der Waals surface area contributed by atoms with Crippen molar-refractivity contribution in [3.8, 4) is 6.19 Å². The second kappa shape index (κ2) is 11.2. The number of nitrogens with zero attached hydrogens (tertiary/aromatic N) is 6. The van der Waals surface area contributed by atoms with Crippen LogP contribution in [0.25, 0.3) is 0 Å². The van der Waals surface area contributed by atoms with Gasteiger partial charge in [0.15, 0.2) is 0 Å². The van der Waals surface area contributed by atoms with Crippen LogP contribution in [0.15, 0.2) is 58.6 Å². The van der Waals surface area contributed by atoms with Crippen LogP contribution in [0.5, 0.6) is 0 Å². The predicted molar refractivity (Wildman–Crippen MR) is 130 cm³/mol. The average Bonchev–Trinajstić information content (AvgIpc) is 3.25. The number of urea groups is 1. The van der Waals surface area contributed by atoms with Crippen molar-refractivity contribution >= 4 is 28.8 Å². The van der Waals surface area contributed by atoms with Gasteiger partial charge in [-0.05, 0) is 36.6 Å². The number of rotatable bonds is 7. The summed E-state index contributed by atoms with van der Waals surface area (Å²) < 4.78 is 28.7. The van der Waals surface area contributed by atoms with E-state index in [1.807, 2.05) is 18.2 Å². The number of nitrogens with two attached hydrogens (primary N) is 1. The Morgan fingerprint density at radius 3 is 2.63 bits per heavy atom. The van der Waals surface area contributed by atoms with Gasteiger partial charge < -0.3 is 20.6 Å². The lowest BCUT2D eigenvalue weighted by molar-refractivity contribution is 0.0922. The number of hydrogen-bond donors (Lipinski definition) is 2. The van der Waals surface area contributed by atoms with E-state index in [1.54, 1.807) is 30.3 Å². The van der Waals surface area contributed by atoms with E-state index < -0.39 is 29.3 Å². The molecule has 1 heterocycles. The number of aliphatic imine (C=N–C) groups is 1. The highest BCUT2D eigenvalue weighted by molar-refractivity contribution is 8.15. The van der Waals surface area contributed by atoms with Gasteiger partial charge in [-0.2, -0.15) is 15.4 Å². The smallest absolute Gasteiger partial charge is 0.343 e. The number of thioether (sulfide) groups is 1. The van der Waals surface area contributed by atoms with Crippen LogP contribution in [-0.2, 0) is 4.87 Å². The number of amides is 2. The molecule has 0 radical (unpaired) electrons. The molecule has 0 saturated carbocycles. The van der Waals surface area contributed by atoms with Crippen LogP contribution in [-0.4, -0.2) is 64.3 Å². The summed E-state index contributed by atoms with van der Waals surface area (Å²) >= 11 is 1.13. The summed E-state index contributed by atoms with van der Waals surface area (Å²) in [7, 11) is 3.09. The molecule has 1 aliphatic heterocycles. The van der Waals surface area contributed by atoms with E-state index in [2.05, 4.69) is 10.1 Å². The molecule has 2 amide bonds. The molecule has 3 rings (SSSR count). The van der Waals surface area contributed by atoms with Crippen molar-refractivity contribution in [2.45, 2.75) is 17.7 Å². The third-order valence-electron chi connectivity index (χ3n) is 5.47. The zero-order valence-electron chi connectivity index (χ0n) is 19.2. The number of carbonyl (C=O) groups is 1. The van der Waals surface area contributed by atoms with Crippen LogP contribution in [0.3, 0.4) is 0 Å². The van der Waals surface area contributed by atoms with E-state index in [-0.39, 0.29) is 16.6 Å². The second-order valence-corrected chi connectivity index (χ2v) is 9.08. The zero-order chi connectivity index (χ0) is 25.6. The number of carbonyl (C=O) groups excluding carboxylic acids is 1. The molecule has 2 aromatic carbocycles. The van der Waals surface area contributed by atoms with Gasteiger partial charge in [-0.3, -0.25) is 0 Å². The highest BCUT2D eigenvalue weighted by atomic mass is 32.2. The van der Waals surface area contributed by atoms with Gasteiger partial charge in [-0.1, -0.05) is 42.1 Å².